The van der Waals surface area contributed by atoms with Gasteiger partial charge in [0.25, 0.3) is 5.91 Å². The standard InChI is InChI=1S/C14H22N2O2/c1-10-5-6-13(17)12(8-10)14(18)16-7-3-4-11(2)9-15/h5-6,8,11,17H,3-4,7,9,15H2,1-2H3,(H,16,18). The lowest BCUT2D eigenvalue weighted by Crippen LogP contribution is -2.25. The molecule has 1 unspecified atom stereocenters. The summed E-state index contributed by atoms with van der Waals surface area (Å²) in [6, 6.07) is 5.00. The number of aromatic hydroxyl groups is 1. The van der Waals surface area contributed by atoms with Crippen LogP contribution in [-0.4, -0.2) is 24.1 Å². The van der Waals surface area contributed by atoms with Crippen molar-refractivity contribution in [1.82, 2.24) is 5.32 Å². The maximum absolute atomic E-state index is 11.8. The van der Waals surface area contributed by atoms with Crippen LogP contribution in [0.3, 0.4) is 0 Å². The predicted octanol–water partition coefficient (Wildman–Crippen LogP) is 1.81. The van der Waals surface area contributed by atoms with Crippen molar-refractivity contribution in [3.05, 3.63) is 29.3 Å². The van der Waals surface area contributed by atoms with Crippen molar-refractivity contribution in [2.45, 2.75) is 26.7 Å². The average Bonchev–Trinajstić information content (AvgIpc) is 2.36. The SMILES string of the molecule is Cc1ccc(O)c(C(=O)NCCCC(C)CN)c1. The van der Waals surface area contributed by atoms with Gasteiger partial charge in [0, 0.05) is 6.54 Å². The predicted molar refractivity (Wildman–Crippen MR) is 72.6 cm³/mol. The minimum atomic E-state index is -0.225. The van der Waals surface area contributed by atoms with E-state index in [1.807, 2.05) is 6.92 Å². The Morgan fingerprint density at radius 2 is 2.22 bits per heavy atom. The van der Waals surface area contributed by atoms with Crippen LogP contribution in [-0.2, 0) is 0 Å². The zero-order valence-electron chi connectivity index (χ0n) is 11.1. The zero-order valence-corrected chi connectivity index (χ0v) is 11.1. The van der Waals surface area contributed by atoms with Gasteiger partial charge in [-0.15, -0.1) is 0 Å². The summed E-state index contributed by atoms with van der Waals surface area (Å²) in [6.07, 6.45) is 1.90. The lowest BCUT2D eigenvalue weighted by molar-refractivity contribution is 0.0950. The van der Waals surface area contributed by atoms with Crippen LogP contribution in [0, 0.1) is 12.8 Å². The molecule has 0 saturated carbocycles. The van der Waals surface area contributed by atoms with E-state index in [2.05, 4.69) is 12.2 Å². The number of hydrogen-bond donors (Lipinski definition) is 3. The molecule has 0 saturated heterocycles. The lowest BCUT2D eigenvalue weighted by Gasteiger charge is -2.10. The van der Waals surface area contributed by atoms with E-state index in [1.165, 1.54) is 0 Å². The Hall–Kier alpha value is -1.55. The summed E-state index contributed by atoms with van der Waals surface area (Å²) in [5.41, 5.74) is 6.81. The smallest absolute Gasteiger partial charge is 0.255 e. The molecule has 1 rings (SSSR count). The number of aryl methyl sites for hydroxylation is 1. The van der Waals surface area contributed by atoms with Gasteiger partial charge in [0.15, 0.2) is 0 Å². The van der Waals surface area contributed by atoms with E-state index in [9.17, 15) is 9.90 Å². The summed E-state index contributed by atoms with van der Waals surface area (Å²) in [5, 5.41) is 12.4. The Bertz CT molecular complexity index is 405. The monoisotopic (exact) mass is 250 g/mol. The topological polar surface area (TPSA) is 75.3 Å². The van der Waals surface area contributed by atoms with E-state index in [4.69, 9.17) is 5.73 Å². The molecule has 0 heterocycles. The summed E-state index contributed by atoms with van der Waals surface area (Å²) < 4.78 is 0. The summed E-state index contributed by atoms with van der Waals surface area (Å²) in [6.45, 7) is 5.26. The minimum Gasteiger partial charge on any atom is -0.507 e. The van der Waals surface area contributed by atoms with Gasteiger partial charge in [-0.1, -0.05) is 18.6 Å². The Morgan fingerprint density at radius 1 is 1.50 bits per heavy atom. The van der Waals surface area contributed by atoms with Gasteiger partial charge in [0.2, 0.25) is 0 Å². The van der Waals surface area contributed by atoms with Crippen molar-refractivity contribution in [2.75, 3.05) is 13.1 Å². The second-order valence-corrected chi connectivity index (χ2v) is 4.76. The third-order valence-electron chi connectivity index (χ3n) is 2.96. The average molecular weight is 250 g/mol. The lowest BCUT2D eigenvalue weighted by atomic mass is 10.1. The summed E-state index contributed by atoms with van der Waals surface area (Å²) >= 11 is 0. The number of phenolic OH excluding ortho intramolecular Hbond substituents is 1. The first-order valence-corrected chi connectivity index (χ1v) is 6.32. The number of nitrogens with one attached hydrogen (secondary N) is 1. The van der Waals surface area contributed by atoms with E-state index in [-0.39, 0.29) is 11.7 Å². The van der Waals surface area contributed by atoms with Gasteiger partial charge < -0.3 is 16.2 Å². The van der Waals surface area contributed by atoms with Crippen molar-refractivity contribution < 1.29 is 9.90 Å². The number of hydrogen-bond acceptors (Lipinski definition) is 3. The Balaban J connectivity index is 2.43. The van der Waals surface area contributed by atoms with Crippen LogP contribution >= 0.6 is 0 Å². The minimum absolute atomic E-state index is 0.0217. The molecule has 4 heteroatoms. The maximum Gasteiger partial charge on any atom is 0.255 e. The van der Waals surface area contributed by atoms with Crippen LogP contribution in [0.5, 0.6) is 5.75 Å². The zero-order chi connectivity index (χ0) is 13.5. The fraction of sp³-hybridized carbons (Fsp3) is 0.500. The van der Waals surface area contributed by atoms with Gasteiger partial charge in [0.05, 0.1) is 5.56 Å². The summed E-state index contributed by atoms with van der Waals surface area (Å²) in [5.74, 6) is 0.277. The highest BCUT2D eigenvalue weighted by Gasteiger charge is 2.10. The number of rotatable bonds is 6. The first-order chi connectivity index (χ1) is 8.54. The van der Waals surface area contributed by atoms with Gasteiger partial charge in [-0.3, -0.25) is 4.79 Å². The molecule has 0 fully saturated rings. The number of carbonyl (C=O) groups excluding carboxylic acids is 1. The highest BCUT2D eigenvalue weighted by molar-refractivity contribution is 5.96. The largest absolute Gasteiger partial charge is 0.507 e. The highest BCUT2D eigenvalue weighted by Crippen LogP contribution is 2.17. The van der Waals surface area contributed by atoms with Crippen LogP contribution in [0.4, 0.5) is 0 Å². The van der Waals surface area contributed by atoms with Gasteiger partial charge in [-0.2, -0.15) is 0 Å². The normalized spacial score (nSPS) is 12.2. The molecule has 1 atom stereocenters. The van der Waals surface area contributed by atoms with E-state index < -0.39 is 0 Å². The molecule has 18 heavy (non-hydrogen) atoms. The Morgan fingerprint density at radius 3 is 2.89 bits per heavy atom. The quantitative estimate of drug-likeness (QED) is 0.674. The molecule has 0 aliphatic carbocycles. The summed E-state index contributed by atoms with van der Waals surface area (Å²) in [7, 11) is 0. The number of benzene rings is 1. The molecule has 0 aromatic heterocycles. The van der Waals surface area contributed by atoms with Crippen LogP contribution in [0.15, 0.2) is 18.2 Å². The first kappa shape index (κ1) is 14.5. The van der Waals surface area contributed by atoms with E-state index in [0.717, 1.165) is 18.4 Å². The molecule has 0 spiro atoms. The van der Waals surface area contributed by atoms with Crippen molar-refractivity contribution in [3.63, 3.8) is 0 Å². The van der Waals surface area contributed by atoms with Crippen molar-refractivity contribution >= 4 is 5.91 Å². The number of amides is 1. The van der Waals surface area contributed by atoms with Gasteiger partial charge >= 0.3 is 0 Å². The second-order valence-electron chi connectivity index (χ2n) is 4.76. The molecule has 0 bridgehead atoms. The molecular weight excluding hydrogens is 228 g/mol. The molecule has 0 aliphatic heterocycles. The maximum atomic E-state index is 11.8. The fourth-order valence-corrected chi connectivity index (χ4v) is 1.70. The third-order valence-corrected chi connectivity index (χ3v) is 2.96. The second kappa shape index (κ2) is 7.01. The van der Waals surface area contributed by atoms with Crippen molar-refractivity contribution in [3.8, 4) is 5.75 Å². The number of nitrogens with two attached hydrogens (primary N) is 1. The van der Waals surface area contributed by atoms with E-state index in [0.29, 0.717) is 24.6 Å². The van der Waals surface area contributed by atoms with E-state index in [1.54, 1.807) is 18.2 Å². The number of phenols is 1. The molecule has 4 N–H and O–H groups in total. The van der Waals surface area contributed by atoms with Crippen LogP contribution in [0.1, 0.15) is 35.7 Å². The number of carbonyl (C=O) groups is 1. The fourth-order valence-electron chi connectivity index (χ4n) is 1.70. The molecule has 0 radical (unpaired) electrons. The van der Waals surface area contributed by atoms with Gasteiger partial charge in [0.1, 0.15) is 5.75 Å². The van der Waals surface area contributed by atoms with Gasteiger partial charge in [-0.25, -0.2) is 0 Å². The molecule has 1 aromatic carbocycles. The Kier molecular flexibility index (Phi) is 5.65. The van der Waals surface area contributed by atoms with Gasteiger partial charge in [-0.05, 0) is 44.4 Å². The highest BCUT2D eigenvalue weighted by atomic mass is 16.3. The molecular formula is C14H22N2O2. The third kappa shape index (κ3) is 4.37. The van der Waals surface area contributed by atoms with Crippen LogP contribution in [0.2, 0.25) is 0 Å². The van der Waals surface area contributed by atoms with Crippen molar-refractivity contribution in [1.29, 1.82) is 0 Å². The Labute approximate surface area is 108 Å². The molecule has 0 aliphatic rings. The van der Waals surface area contributed by atoms with Crippen LogP contribution < -0.4 is 11.1 Å². The molecule has 1 aromatic rings. The molecule has 4 nitrogen and oxygen atoms in total. The first-order valence-electron chi connectivity index (χ1n) is 6.32. The van der Waals surface area contributed by atoms with Crippen molar-refractivity contribution in [2.24, 2.45) is 11.7 Å². The van der Waals surface area contributed by atoms with E-state index >= 15 is 0 Å². The summed E-state index contributed by atoms with van der Waals surface area (Å²) in [4.78, 5) is 11.8. The van der Waals surface area contributed by atoms with Crippen LogP contribution in [0.25, 0.3) is 0 Å². The molecule has 100 valence electrons. The molecule has 1 amide bonds.